The fraction of sp³-hybridized carbons (Fsp3) is 1.00. The lowest BCUT2D eigenvalue weighted by Crippen LogP contribution is -2.61. The first-order valence-corrected chi connectivity index (χ1v) is 7.21. The first-order chi connectivity index (χ1) is 7.71. The number of hydrogen-bond acceptors (Lipinski definition) is 2. The fourth-order valence-corrected chi connectivity index (χ4v) is 2.90. The molecule has 1 saturated heterocycles. The van der Waals surface area contributed by atoms with Crippen LogP contribution in [0.25, 0.3) is 0 Å². The van der Waals surface area contributed by atoms with Gasteiger partial charge in [0, 0.05) is 31.2 Å². The molecular weight excluding hydrogens is 208 g/mol. The molecule has 0 aromatic rings. The van der Waals surface area contributed by atoms with E-state index >= 15 is 0 Å². The van der Waals surface area contributed by atoms with Crippen LogP contribution in [0.3, 0.4) is 0 Å². The Bertz CT molecular complexity index is 230. The summed E-state index contributed by atoms with van der Waals surface area (Å²) in [6.07, 6.45) is 1.31. The Morgan fingerprint density at radius 3 is 2.29 bits per heavy atom. The third-order valence-electron chi connectivity index (χ3n) is 4.04. The van der Waals surface area contributed by atoms with Crippen LogP contribution < -0.4 is 5.32 Å². The van der Waals surface area contributed by atoms with Gasteiger partial charge in [0.1, 0.15) is 0 Å². The molecule has 3 atom stereocenters. The molecule has 0 aromatic carbocycles. The lowest BCUT2D eigenvalue weighted by molar-refractivity contribution is 0.0557. The lowest BCUT2D eigenvalue weighted by Gasteiger charge is -2.46. The maximum absolute atomic E-state index is 3.71. The first-order valence-electron chi connectivity index (χ1n) is 7.21. The fourth-order valence-electron chi connectivity index (χ4n) is 2.90. The maximum Gasteiger partial charge on any atom is 0.0244 e. The second kappa shape index (κ2) is 5.71. The van der Waals surface area contributed by atoms with Gasteiger partial charge in [0.2, 0.25) is 0 Å². The highest BCUT2D eigenvalue weighted by Gasteiger charge is 2.34. The van der Waals surface area contributed by atoms with Gasteiger partial charge in [-0.1, -0.05) is 34.6 Å². The lowest BCUT2D eigenvalue weighted by atomic mass is 9.84. The topological polar surface area (TPSA) is 15.3 Å². The molecule has 0 bridgehead atoms. The molecule has 1 heterocycles. The average molecular weight is 240 g/mol. The summed E-state index contributed by atoms with van der Waals surface area (Å²) in [5.41, 5.74) is 0.357. The Hall–Kier alpha value is -0.0800. The smallest absolute Gasteiger partial charge is 0.0244 e. The minimum atomic E-state index is 0.357. The van der Waals surface area contributed by atoms with Gasteiger partial charge in [-0.2, -0.15) is 0 Å². The Labute approximate surface area is 108 Å². The van der Waals surface area contributed by atoms with Gasteiger partial charge in [0.05, 0.1) is 0 Å². The highest BCUT2D eigenvalue weighted by Crippen LogP contribution is 2.25. The summed E-state index contributed by atoms with van der Waals surface area (Å²) in [6, 6.07) is 1.99. The number of piperazine rings is 1. The van der Waals surface area contributed by atoms with Gasteiger partial charge in [-0.25, -0.2) is 0 Å². The van der Waals surface area contributed by atoms with Crippen LogP contribution in [0, 0.1) is 11.3 Å². The van der Waals surface area contributed by atoms with Gasteiger partial charge in [0.15, 0.2) is 0 Å². The van der Waals surface area contributed by atoms with Crippen molar-refractivity contribution in [1.82, 2.24) is 10.2 Å². The highest BCUT2D eigenvalue weighted by molar-refractivity contribution is 4.92. The summed E-state index contributed by atoms with van der Waals surface area (Å²) in [7, 11) is 0. The monoisotopic (exact) mass is 240 g/mol. The van der Waals surface area contributed by atoms with E-state index in [4.69, 9.17) is 0 Å². The van der Waals surface area contributed by atoms with Crippen molar-refractivity contribution >= 4 is 0 Å². The highest BCUT2D eigenvalue weighted by atomic mass is 15.3. The van der Waals surface area contributed by atoms with Gasteiger partial charge in [-0.15, -0.1) is 0 Å². The Kier molecular flexibility index (Phi) is 5.03. The molecule has 1 aliphatic rings. The summed E-state index contributed by atoms with van der Waals surface area (Å²) in [6.45, 7) is 18.7. The normalized spacial score (nSPS) is 29.6. The Morgan fingerprint density at radius 1 is 1.24 bits per heavy atom. The van der Waals surface area contributed by atoms with Crippen molar-refractivity contribution in [2.24, 2.45) is 11.3 Å². The average Bonchev–Trinajstić information content (AvgIpc) is 2.15. The van der Waals surface area contributed by atoms with Gasteiger partial charge in [0.25, 0.3) is 0 Å². The van der Waals surface area contributed by atoms with Crippen molar-refractivity contribution in [3.63, 3.8) is 0 Å². The number of rotatable bonds is 3. The number of hydrogen-bond donors (Lipinski definition) is 1. The largest absolute Gasteiger partial charge is 0.311 e. The summed E-state index contributed by atoms with van der Waals surface area (Å²) in [5, 5.41) is 3.71. The van der Waals surface area contributed by atoms with E-state index in [9.17, 15) is 0 Å². The quantitative estimate of drug-likeness (QED) is 0.815. The molecule has 17 heavy (non-hydrogen) atoms. The standard InChI is InChI=1S/C15H32N2/c1-11(2)8-12(3)17-10-14(15(5,6)7)16-9-13(17)4/h11-14,16H,8-10H2,1-7H3. The zero-order chi connectivity index (χ0) is 13.2. The third-order valence-corrected chi connectivity index (χ3v) is 4.04. The molecular formula is C15H32N2. The second-order valence-corrected chi connectivity index (χ2v) is 7.35. The van der Waals surface area contributed by atoms with Crippen LogP contribution >= 0.6 is 0 Å². The predicted octanol–water partition coefficient (Wildman–Crippen LogP) is 3.13. The molecule has 1 N–H and O–H groups in total. The summed E-state index contributed by atoms with van der Waals surface area (Å²) < 4.78 is 0. The van der Waals surface area contributed by atoms with Crippen LogP contribution in [-0.4, -0.2) is 36.1 Å². The third kappa shape index (κ3) is 4.26. The second-order valence-electron chi connectivity index (χ2n) is 7.35. The van der Waals surface area contributed by atoms with Crippen molar-refractivity contribution in [2.75, 3.05) is 13.1 Å². The molecule has 1 rings (SSSR count). The van der Waals surface area contributed by atoms with E-state index in [0.717, 1.165) is 12.5 Å². The Morgan fingerprint density at radius 2 is 1.82 bits per heavy atom. The molecule has 0 saturated carbocycles. The van der Waals surface area contributed by atoms with E-state index in [2.05, 4.69) is 58.7 Å². The Balaban J connectivity index is 2.63. The van der Waals surface area contributed by atoms with Crippen LogP contribution in [0.1, 0.15) is 54.9 Å². The van der Waals surface area contributed by atoms with Crippen molar-refractivity contribution in [1.29, 1.82) is 0 Å². The molecule has 0 radical (unpaired) electrons. The van der Waals surface area contributed by atoms with Crippen molar-refractivity contribution in [3.05, 3.63) is 0 Å². The molecule has 0 amide bonds. The predicted molar refractivity (Wildman–Crippen MR) is 76.3 cm³/mol. The van der Waals surface area contributed by atoms with E-state index in [0.29, 0.717) is 23.5 Å². The summed E-state index contributed by atoms with van der Waals surface area (Å²) in [4.78, 5) is 2.70. The van der Waals surface area contributed by atoms with E-state index in [1.54, 1.807) is 0 Å². The minimum Gasteiger partial charge on any atom is -0.311 e. The van der Waals surface area contributed by atoms with Crippen LogP contribution in [0.4, 0.5) is 0 Å². The molecule has 0 aromatic heterocycles. The number of nitrogens with one attached hydrogen (secondary N) is 1. The molecule has 2 heteroatoms. The molecule has 3 unspecified atom stereocenters. The molecule has 2 nitrogen and oxygen atoms in total. The van der Waals surface area contributed by atoms with Crippen LogP contribution in [0.5, 0.6) is 0 Å². The van der Waals surface area contributed by atoms with E-state index in [-0.39, 0.29) is 0 Å². The van der Waals surface area contributed by atoms with E-state index < -0.39 is 0 Å². The summed E-state index contributed by atoms with van der Waals surface area (Å²) in [5.74, 6) is 0.792. The van der Waals surface area contributed by atoms with Crippen LogP contribution in [0.2, 0.25) is 0 Å². The molecule has 1 aliphatic heterocycles. The maximum atomic E-state index is 3.71. The van der Waals surface area contributed by atoms with Crippen molar-refractivity contribution < 1.29 is 0 Å². The molecule has 0 aliphatic carbocycles. The number of nitrogens with zero attached hydrogens (tertiary/aromatic N) is 1. The van der Waals surface area contributed by atoms with Gasteiger partial charge in [-0.05, 0) is 31.6 Å². The molecule has 0 spiro atoms. The van der Waals surface area contributed by atoms with Crippen molar-refractivity contribution in [3.8, 4) is 0 Å². The molecule has 1 fully saturated rings. The summed E-state index contributed by atoms with van der Waals surface area (Å²) >= 11 is 0. The SMILES string of the molecule is CC(C)CC(C)N1CC(C(C)(C)C)NCC1C. The minimum absolute atomic E-state index is 0.357. The molecule has 102 valence electrons. The zero-order valence-electron chi connectivity index (χ0n) is 12.9. The van der Waals surface area contributed by atoms with Crippen LogP contribution in [0.15, 0.2) is 0 Å². The van der Waals surface area contributed by atoms with E-state index in [1.807, 2.05) is 0 Å². The van der Waals surface area contributed by atoms with Gasteiger partial charge >= 0.3 is 0 Å². The first kappa shape index (κ1) is 15.0. The van der Waals surface area contributed by atoms with Crippen molar-refractivity contribution in [2.45, 2.75) is 73.0 Å². The van der Waals surface area contributed by atoms with Crippen LogP contribution in [-0.2, 0) is 0 Å². The van der Waals surface area contributed by atoms with Gasteiger partial charge in [-0.3, -0.25) is 4.90 Å². The van der Waals surface area contributed by atoms with Gasteiger partial charge < -0.3 is 5.32 Å². The van der Waals surface area contributed by atoms with E-state index in [1.165, 1.54) is 13.0 Å². The zero-order valence-corrected chi connectivity index (χ0v) is 12.9.